The van der Waals surface area contributed by atoms with E-state index >= 15 is 0 Å². The van der Waals surface area contributed by atoms with Crippen LogP contribution in [0.3, 0.4) is 0 Å². The number of anilines is 1. The Bertz CT molecular complexity index is 939. The Labute approximate surface area is 170 Å². The molecule has 28 heavy (non-hydrogen) atoms. The molecule has 8 heteroatoms. The molecule has 0 bridgehead atoms. The maximum Gasteiger partial charge on any atom is 0.255 e. The van der Waals surface area contributed by atoms with Crippen molar-refractivity contribution in [2.24, 2.45) is 0 Å². The molecule has 0 spiro atoms. The van der Waals surface area contributed by atoms with E-state index in [1.165, 1.54) is 25.3 Å². The summed E-state index contributed by atoms with van der Waals surface area (Å²) in [6.45, 7) is 0. The Hall–Kier alpha value is -2.09. The van der Waals surface area contributed by atoms with Crippen LogP contribution in [0.2, 0.25) is 5.02 Å². The maximum absolute atomic E-state index is 12.8. The van der Waals surface area contributed by atoms with Crippen molar-refractivity contribution in [3.05, 3.63) is 53.1 Å². The first-order valence-corrected chi connectivity index (χ1v) is 11.0. The molecule has 2 N–H and O–H groups in total. The Morgan fingerprint density at radius 2 is 1.75 bits per heavy atom. The summed E-state index contributed by atoms with van der Waals surface area (Å²) in [4.78, 5) is 12.6. The number of benzene rings is 2. The molecule has 0 unspecified atom stereocenters. The minimum absolute atomic E-state index is 0.0482. The predicted molar refractivity (Wildman–Crippen MR) is 110 cm³/mol. The second-order valence-corrected chi connectivity index (χ2v) is 8.93. The van der Waals surface area contributed by atoms with Crippen molar-refractivity contribution >= 4 is 33.2 Å². The molecule has 150 valence electrons. The Morgan fingerprint density at radius 3 is 2.39 bits per heavy atom. The number of nitrogens with one attached hydrogen (secondary N) is 2. The van der Waals surface area contributed by atoms with E-state index in [1.54, 1.807) is 24.3 Å². The predicted octanol–water partition coefficient (Wildman–Crippen LogP) is 4.21. The third kappa shape index (κ3) is 5.04. The number of hydrogen-bond acceptors (Lipinski definition) is 4. The van der Waals surface area contributed by atoms with Gasteiger partial charge in [-0.3, -0.25) is 4.79 Å². The van der Waals surface area contributed by atoms with Gasteiger partial charge < -0.3 is 10.1 Å². The second kappa shape index (κ2) is 8.94. The summed E-state index contributed by atoms with van der Waals surface area (Å²) in [7, 11) is -2.23. The van der Waals surface area contributed by atoms with Crippen molar-refractivity contribution in [1.29, 1.82) is 0 Å². The number of carbonyl (C=O) groups excluding carboxylic acids is 1. The molecule has 1 saturated carbocycles. The van der Waals surface area contributed by atoms with Crippen molar-refractivity contribution < 1.29 is 17.9 Å². The zero-order chi connectivity index (χ0) is 20.1. The first kappa shape index (κ1) is 20.6. The Morgan fingerprint density at radius 1 is 1.07 bits per heavy atom. The normalized spacial score (nSPS) is 15.2. The van der Waals surface area contributed by atoms with Gasteiger partial charge in [0.1, 0.15) is 5.75 Å². The average Bonchev–Trinajstić information content (AvgIpc) is 2.69. The van der Waals surface area contributed by atoms with Crippen LogP contribution in [0.15, 0.2) is 47.4 Å². The zero-order valence-electron chi connectivity index (χ0n) is 15.6. The standard InChI is InChI=1S/C20H23ClN2O4S/c1-27-19-12-11-17(28(25,26)23-16-5-3-2-4-6-16)13-18(19)22-20(24)14-7-9-15(21)10-8-14/h7-13,16,23H,2-6H2,1H3,(H,22,24). The lowest BCUT2D eigenvalue weighted by Gasteiger charge is -2.23. The molecule has 1 aliphatic rings. The summed E-state index contributed by atoms with van der Waals surface area (Å²) in [6, 6.07) is 10.8. The second-order valence-electron chi connectivity index (χ2n) is 6.78. The van der Waals surface area contributed by atoms with E-state index in [9.17, 15) is 13.2 Å². The largest absolute Gasteiger partial charge is 0.495 e. The quantitative estimate of drug-likeness (QED) is 0.730. The molecule has 1 aliphatic carbocycles. The number of halogens is 1. The van der Waals surface area contributed by atoms with Gasteiger partial charge in [0.2, 0.25) is 10.0 Å². The van der Waals surface area contributed by atoms with Crippen molar-refractivity contribution in [3.63, 3.8) is 0 Å². The van der Waals surface area contributed by atoms with Gasteiger partial charge in [0.25, 0.3) is 5.91 Å². The summed E-state index contributed by atoms with van der Waals surface area (Å²) in [5.41, 5.74) is 0.689. The van der Waals surface area contributed by atoms with Crippen LogP contribution in [0.5, 0.6) is 5.75 Å². The monoisotopic (exact) mass is 422 g/mol. The first-order chi connectivity index (χ1) is 13.4. The topological polar surface area (TPSA) is 84.5 Å². The van der Waals surface area contributed by atoms with Crippen molar-refractivity contribution in [3.8, 4) is 5.75 Å². The average molecular weight is 423 g/mol. The highest BCUT2D eigenvalue weighted by atomic mass is 35.5. The van der Waals surface area contributed by atoms with Gasteiger partial charge in [0, 0.05) is 16.6 Å². The number of sulfonamides is 1. The summed E-state index contributed by atoms with van der Waals surface area (Å²) in [5.74, 6) is -0.0105. The lowest BCUT2D eigenvalue weighted by atomic mass is 9.96. The minimum atomic E-state index is -3.69. The van der Waals surface area contributed by atoms with Gasteiger partial charge in [-0.25, -0.2) is 13.1 Å². The number of rotatable bonds is 6. The van der Waals surface area contributed by atoms with Crippen LogP contribution >= 0.6 is 11.6 Å². The minimum Gasteiger partial charge on any atom is -0.495 e. The zero-order valence-corrected chi connectivity index (χ0v) is 17.1. The molecule has 0 saturated heterocycles. The fraction of sp³-hybridized carbons (Fsp3) is 0.350. The van der Waals surface area contributed by atoms with Gasteiger partial charge in [-0.2, -0.15) is 0 Å². The van der Waals surface area contributed by atoms with E-state index in [-0.39, 0.29) is 22.5 Å². The molecular formula is C20H23ClN2O4S. The van der Waals surface area contributed by atoms with Crippen LogP contribution in [0.4, 0.5) is 5.69 Å². The third-order valence-corrected chi connectivity index (χ3v) is 6.53. The lowest BCUT2D eigenvalue weighted by molar-refractivity contribution is 0.102. The molecule has 0 aliphatic heterocycles. The SMILES string of the molecule is COc1ccc(S(=O)(=O)NC2CCCCC2)cc1NC(=O)c1ccc(Cl)cc1. The summed E-state index contributed by atoms with van der Waals surface area (Å²) < 4.78 is 33.6. The van der Waals surface area contributed by atoms with E-state index in [2.05, 4.69) is 10.0 Å². The van der Waals surface area contributed by atoms with Crippen LogP contribution in [-0.4, -0.2) is 27.5 Å². The molecular weight excluding hydrogens is 400 g/mol. The summed E-state index contributed by atoms with van der Waals surface area (Å²) >= 11 is 5.85. The van der Waals surface area contributed by atoms with Crippen molar-refractivity contribution in [1.82, 2.24) is 4.72 Å². The molecule has 2 aromatic carbocycles. The van der Waals surface area contributed by atoms with Gasteiger partial charge in [-0.1, -0.05) is 30.9 Å². The van der Waals surface area contributed by atoms with Gasteiger partial charge >= 0.3 is 0 Å². The van der Waals surface area contributed by atoms with Crippen LogP contribution < -0.4 is 14.8 Å². The summed E-state index contributed by atoms with van der Waals surface area (Å²) in [6.07, 6.45) is 4.88. The number of carbonyl (C=O) groups is 1. The molecule has 0 heterocycles. The molecule has 1 amide bonds. The number of amides is 1. The molecule has 0 radical (unpaired) electrons. The highest BCUT2D eigenvalue weighted by molar-refractivity contribution is 7.89. The first-order valence-electron chi connectivity index (χ1n) is 9.16. The van der Waals surface area contributed by atoms with Gasteiger partial charge in [0.05, 0.1) is 17.7 Å². The van der Waals surface area contributed by atoms with Crippen molar-refractivity contribution in [2.45, 2.75) is 43.0 Å². The number of methoxy groups -OCH3 is 1. The highest BCUT2D eigenvalue weighted by Gasteiger charge is 2.23. The molecule has 2 aromatic rings. The summed E-state index contributed by atoms with van der Waals surface area (Å²) in [5, 5.41) is 3.24. The fourth-order valence-corrected chi connectivity index (χ4v) is 4.71. The van der Waals surface area contributed by atoms with Gasteiger partial charge in [0.15, 0.2) is 0 Å². The third-order valence-electron chi connectivity index (χ3n) is 4.76. The smallest absolute Gasteiger partial charge is 0.255 e. The van der Waals surface area contributed by atoms with E-state index in [4.69, 9.17) is 16.3 Å². The van der Waals surface area contributed by atoms with Crippen LogP contribution in [0.1, 0.15) is 42.5 Å². The Balaban J connectivity index is 1.82. The fourth-order valence-electron chi connectivity index (χ4n) is 3.26. The van der Waals surface area contributed by atoms with Crippen molar-refractivity contribution in [2.75, 3.05) is 12.4 Å². The maximum atomic E-state index is 12.8. The molecule has 3 rings (SSSR count). The Kier molecular flexibility index (Phi) is 6.59. The molecule has 0 aromatic heterocycles. The molecule has 0 atom stereocenters. The number of ether oxygens (including phenoxy) is 1. The van der Waals surface area contributed by atoms with E-state index in [1.807, 2.05) is 0 Å². The van der Waals surface area contributed by atoms with E-state index in [0.29, 0.717) is 16.3 Å². The lowest BCUT2D eigenvalue weighted by Crippen LogP contribution is -2.36. The van der Waals surface area contributed by atoms with Crippen LogP contribution in [0.25, 0.3) is 0 Å². The van der Waals surface area contributed by atoms with Crippen LogP contribution in [0, 0.1) is 0 Å². The van der Waals surface area contributed by atoms with Gasteiger partial charge in [-0.05, 0) is 55.3 Å². The van der Waals surface area contributed by atoms with E-state index in [0.717, 1.165) is 32.1 Å². The molecule has 6 nitrogen and oxygen atoms in total. The van der Waals surface area contributed by atoms with E-state index < -0.39 is 10.0 Å². The van der Waals surface area contributed by atoms with Gasteiger partial charge in [-0.15, -0.1) is 0 Å². The van der Waals surface area contributed by atoms with Crippen LogP contribution in [-0.2, 0) is 10.0 Å². The highest BCUT2D eigenvalue weighted by Crippen LogP contribution is 2.29. The molecule has 1 fully saturated rings. The number of hydrogen-bond donors (Lipinski definition) is 2.